The maximum atomic E-state index is 5.56. The number of hydrogen-bond donors (Lipinski definition) is 0. The van der Waals surface area contributed by atoms with Crippen molar-refractivity contribution in [1.29, 1.82) is 0 Å². The van der Waals surface area contributed by atoms with Gasteiger partial charge in [0.2, 0.25) is 11.9 Å². The molecular formula is C53H29N5S2. The van der Waals surface area contributed by atoms with Crippen molar-refractivity contribution in [3.05, 3.63) is 176 Å². The van der Waals surface area contributed by atoms with Crippen LogP contribution in [0.3, 0.4) is 0 Å². The fourth-order valence-corrected chi connectivity index (χ4v) is 12.3. The third-order valence-corrected chi connectivity index (χ3v) is 14.8. The fourth-order valence-electron chi connectivity index (χ4n) is 9.82. The van der Waals surface area contributed by atoms with Crippen LogP contribution >= 0.6 is 22.7 Å². The predicted octanol–water partition coefficient (Wildman–Crippen LogP) is 14.8. The van der Waals surface area contributed by atoms with Crippen LogP contribution in [0.2, 0.25) is 0 Å². The van der Waals surface area contributed by atoms with E-state index in [1.165, 1.54) is 61.9 Å². The van der Waals surface area contributed by atoms with Crippen LogP contribution < -0.4 is 0 Å². The van der Waals surface area contributed by atoms with Gasteiger partial charge in [-0.1, -0.05) is 133 Å². The third-order valence-electron chi connectivity index (χ3n) is 12.4. The molecule has 0 saturated carbocycles. The second kappa shape index (κ2) is 12.1. The largest absolute Gasteiger partial charge is 0.278 e. The van der Waals surface area contributed by atoms with Crippen molar-refractivity contribution in [2.75, 3.05) is 0 Å². The van der Waals surface area contributed by atoms with Crippen molar-refractivity contribution in [2.45, 2.75) is 0 Å². The normalized spacial score (nSPS) is 12.3. The van der Waals surface area contributed by atoms with E-state index < -0.39 is 0 Å². The highest BCUT2D eigenvalue weighted by Gasteiger charge is 2.24. The summed E-state index contributed by atoms with van der Waals surface area (Å²) in [6.07, 6.45) is 0. The quantitative estimate of drug-likeness (QED) is 0.167. The van der Waals surface area contributed by atoms with E-state index in [1.54, 1.807) is 0 Å². The number of thiophene rings is 2. The Bertz CT molecular complexity index is 3890. The molecule has 60 heavy (non-hydrogen) atoms. The SMILES string of the molecule is c1ccc2c(-c3nc(-n4c5ccccc5c5c6sc7ccccc7c6ccc54)nc(-n4c5ccccc5c5c6sc7ccccc7c6ccc54)n3)c3ccccc3cc2c1. The van der Waals surface area contributed by atoms with Gasteiger partial charge in [0.15, 0.2) is 5.82 Å². The van der Waals surface area contributed by atoms with Crippen LogP contribution in [0.15, 0.2) is 176 Å². The zero-order valence-electron chi connectivity index (χ0n) is 31.8. The van der Waals surface area contributed by atoms with Gasteiger partial charge >= 0.3 is 0 Å². The Morgan fingerprint density at radius 2 is 0.750 bits per heavy atom. The van der Waals surface area contributed by atoms with E-state index in [1.807, 2.05) is 22.7 Å². The fraction of sp³-hybridized carbons (Fsp3) is 0. The molecule has 14 rings (SSSR count). The van der Waals surface area contributed by atoms with Gasteiger partial charge in [-0.05, 0) is 64.0 Å². The molecule has 5 nitrogen and oxygen atoms in total. The molecule has 0 unspecified atom stereocenters. The van der Waals surface area contributed by atoms with Crippen LogP contribution in [0, 0.1) is 0 Å². The number of benzene rings is 9. The lowest BCUT2D eigenvalue weighted by molar-refractivity contribution is 0.894. The topological polar surface area (TPSA) is 48.5 Å². The zero-order valence-corrected chi connectivity index (χ0v) is 33.4. The molecule has 5 heterocycles. The summed E-state index contributed by atoms with van der Waals surface area (Å²) in [6, 6.07) is 63.3. The number of fused-ring (bicyclic) bond motifs is 16. The van der Waals surface area contributed by atoms with E-state index in [2.05, 4.69) is 185 Å². The minimum atomic E-state index is 0.576. The smallest absolute Gasteiger partial charge is 0.240 e. The average molecular weight is 800 g/mol. The monoisotopic (exact) mass is 799 g/mol. The Morgan fingerprint density at radius 3 is 1.25 bits per heavy atom. The van der Waals surface area contributed by atoms with Crippen LogP contribution in [0.25, 0.3) is 129 Å². The van der Waals surface area contributed by atoms with Gasteiger partial charge in [-0.2, -0.15) is 15.0 Å². The second-order valence-corrected chi connectivity index (χ2v) is 17.6. The summed E-state index contributed by atoms with van der Waals surface area (Å²) in [4.78, 5) is 16.7. The van der Waals surface area contributed by atoms with Gasteiger partial charge in [0.25, 0.3) is 0 Å². The van der Waals surface area contributed by atoms with Crippen molar-refractivity contribution in [2.24, 2.45) is 0 Å². The van der Waals surface area contributed by atoms with Gasteiger partial charge < -0.3 is 0 Å². The molecule has 0 radical (unpaired) electrons. The number of nitrogens with zero attached hydrogens (tertiary/aromatic N) is 5. The highest BCUT2D eigenvalue weighted by Crippen LogP contribution is 2.45. The van der Waals surface area contributed by atoms with Gasteiger partial charge in [-0.25, -0.2) is 0 Å². The molecule has 278 valence electrons. The number of para-hydroxylation sites is 2. The van der Waals surface area contributed by atoms with Crippen LogP contribution in [0.4, 0.5) is 0 Å². The third kappa shape index (κ3) is 4.37. The molecule has 0 aliphatic heterocycles. The van der Waals surface area contributed by atoms with Gasteiger partial charge in [0.1, 0.15) is 0 Å². The predicted molar refractivity (Wildman–Crippen MR) is 255 cm³/mol. The van der Waals surface area contributed by atoms with Crippen molar-refractivity contribution in [3.8, 4) is 23.3 Å². The maximum absolute atomic E-state index is 5.56. The summed E-state index contributed by atoms with van der Waals surface area (Å²) < 4.78 is 9.62. The van der Waals surface area contributed by atoms with Crippen LogP contribution in [-0.2, 0) is 0 Å². The molecule has 14 aromatic rings. The van der Waals surface area contributed by atoms with Gasteiger partial charge in [0, 0.05) is 67.5 Å². The number of aromatic nitrogens is 5. The first-order valence-corrected chi connectivity index (χ1v) is 21.7. The Balaban J connectivity index is 1.15. The lowest BCUT2D eigenvalue weighted by Crippen LogP contribution is -2.10. The Morgan fingerprint density at radius 1 is 0.333 bits per heavy atom. The Hall–Kier alpha value is -7.45. The highest BCUT2D eigenvalue weighted by atomic mass is 32.1. The summed E-state index contributed by atoms with van der Waals surface area (Å²) >= 11 is 3.71. The average Bonchev–Trinajstić information content (AvgIpc) is 4.05. The van der Waals surface area contributed by atoms with Crippen LogP contribution in [0.1, 0.15) is 0 Å². The van der Waals surface area contributed by atoms with E-state index in [4.69, 9.17) is 15.0 Å². The second-order valence-electron chi connectivity index (χ2n) is 15.5. The van der Waals surface area contributed by atoms with Crippen LogP contribution in [-0.4, -0.2) is 24.1 Å². The van der Waals surface area contributed by atoms with Gasteiger partial charge in [0.05, 0.1) is 22.1 Å². The summed E-state index contributed by atoms with van der Waals surface area (Å²) in [5.41, 5.74) is 5.23. The molecule has 9 aromatic carbocycles. The number of hydrogen-bond acceptors (Lipinski definition) is 5. The van der Waals surface area contributed by atoms with Crippen molar-refractivity contribution < 1.29 is 0 Å². The molecule has 0 spiro atoms. The maximum Gasteiger partial charge on any atom is 0.240 e. The van der Waals surface area contributed by atoms with E-state index in [9.17, 15) is 0 Å². The van der Waals surface area contributed by atoms with Gasteiger partial charge in [-0.3, -0.25) is 9.13 Å². The molecule has 0 atom stereocenters. The van der Waals surface area contributed by atoms with E-state index in [-0.39, 0.29) is 0 Å². The molecular weight excluding hydrogens is 771 g/mol. The first kappa shape index (κ1) is 32.5. The highest BCUT2D eigenvalue weighted by molar-refractivity contribution is 7.27. The lowest BCUT2D eigenvalue weighted by Gasteiger charge is -2.15. The van der Waals surface area contributed by atoms with Gasteiger partial charge in [-0.15, -0.1) is 22.7 Å². The summed E-state index contributed by atoms with van der Waals surface area (Å²) in [7, 11) is 0. The number of rotatable bonds is 3. The van der Waals surface area contributed by atoms with Crippen molar-refractivity contribution >= 4 is 128 Å². The Labute approximate surface area is 349 Å². The summed E-state index contributed by atoms with van der Waals surface area (Å²) in [6.45, 7) is 0. The first-order chi connectivity index (χ1) is 29.8. The van der Waals surface area contributed by atoms with E-state index in [0.717, 1.165) is 49.2 Å². The standard InChI is InChI=1S/C53H29N5S2/c1-3-15-32-30(13-1)29-31-14-2-4-16-33(31)46(32)51-54-52(57-40-21-9-5-19-38(40)47-42(57)27-25-36-34-17-7-11-23-44(34)59-49(36)47)56-53(55-51)58-41-22-10-6-20-39(41)48-43(58)28-26-37-35-18-8-12-24-45(35)60-50(37)48/h1-29H. The lowest BCUT2D eigenvalue weighted by atomic mass is 9.96. The molecule has 0 amide bonds. The van der Waals surface area contributed by atoms with E-state index in [0.29, 0.717) is 17.7 Å². The van der Waals surface area contributed by atoms with Crippen molar-refractivity contribution in [3.63, 3.8) is 0 Å². The Kier molecular flexibility index (Phi) is 6.53. The van der Waals surface area contributed by atoms with Crippen molar-refractivity contribution in [1.82, 2.24) is 24.1 Å². The molecule has 0 bridgehead atoms. The first-order valence-electron chi connectivity index (χ1n) is 20.1. The van der Waals surface area contributed by atoms with Crippen LogP contribution in [0.5, 0.6) is 0 Å². The molecule has 0 aliphatic rings. The molecule has 0 aliphatic carbocycles. The zero-order chi connectivity index (χ0) is 39.1. The molecule has 0 N–H and O–H groups in total. The minimum Gasteiger partial charge on any atom is -0.278 e. The summed E-state index contributed by atoms with van der Waals surface area (Å²) in [5, 5.41) is 14.4. The molecule has 0 saturated heterocycles. The minimum absolute atomic E-state index is 0.576. The summed E-state index contributed by atoms with van der Waals surface area (Å²) in [5.74, 6) is 1.78. The molecule has 0 fully saturated rings. The molecule has 7 heteroatoms. The molecule has 5 aromatic heterocycles. The van der Waals surface area contributed by atoms with E-state index >= 15 is 0 Å².